The lowest BCUT2D eigenvalue weighted by atomic mass is 9.93. The maximum absolute atomic E-state index is 10.8. The first-order valence-electron chi connectivity index (χ1n) is 5.45. The van der Waals surface area contributed by atoms with Gasteiger partial charge in [-0.05, 0) is 22.6 Å². The number of hydrogen-bond donors (Lipinski definition) is 2. The molecule has 0 saturated carbocycles. The largest absolute Gasteiger partial charge is 0.481 e. The van der Waals surface area contributed by atoms with Gasteiger partial charge in [-0.15, -0.1) is 0 Å². The highest BCUT2D eigenvalue weighted by atomic mass is 16.4. The van der Waals surface area contributed by atoms with Crippen molar-refractivity contribution >= 4 is 28.0 Å². The second-order valence-electron chi connectivity index (χ2n) is 4.09. The van der Waals surface area contributed by atoms with Gasteiger partial charge in [0.05, 0.1) is 6.42 Å². The van der Waals surface area contributed by atoms with Gasteiger partial charge in [0.2, 0.25) is 0 Å². The average molecular weight is 225 g/mol. The van der Waals surface area contributed by atoms with Gasteiger partial charge in [-0.2, -0.15) is 0 Å². The predicted octanol–water partition coefficient (Wildman–Crippen LogP) is 3.08. The smallest absolute Gasteiger partial charge is 0.307 e. The molecule has 0 aromatic heterocycles. The van der Waals surface area contributed by atoms with Crippen molar-refractivity contribution in [2.24, 2.45) is 0 Å². The number of aliphatic carboxylic acids is 1. The van der Waals surface area contributed by atoms with Gasteiger partial charge in [-0.25, -0.2) is 0 Å². The molecule has 0 bridgehead atoms. The molecule has 17 heavy (non-hydrogen) atoms. The van der Waals surface area contributed by atoms with E-state index in [2.05, 4.69) is 5.32 Å². The summed E-state index contributed by atoms with van der Waals surface area (Å²) in [5.41, 5.74) is 2.87. The fraction of sp³-hybridized carbons (Fsp3) is 0.0714. The minimum absolute atomic E-state index is 0.0421. The van der Waals surface area contributed by atoms with Crippen LogP contribution in [0.2, 0.25) is 0 Å². The van der Waals surface area contributed by atoms with Crippen LogP contribution in [0.5, 0.6) is 0 Å². The van der Waals surface area contributed by atoms with Crippen molar-refractivity contribution in [1.82, 2.24) is 0 Å². The molecule has 3 rings (SSSR count). The molecule has 84 valence electrons. The van der Waals surface area contributed by atoms with Gasteiger partial charge in [0.1, 0.15) is 0 Å². The van der Waals surface area contributed by atoms with Crippen LogP contribution in [0.1, 0.15) is 12.0 Å². The Morgan fingerprint density at radius 3 is 2.71 bits per heavy atom. The SMILES string of the molecule is O=C(O)CC1=CNc2cccc3cccc1c23. The van der Waals surface area contributed by atoms with Crippen LogP contribution in [0.15, 0.2) is 42.6 Å². The van der Waals surface area contributed by atoms with E-state index in [0.29, 0.717) is 0 Å². The molecule has 1 heterocycles. The minimum Gasteiger partial charge on any atom is -0.481 e. The molecule has 3 nitrogen and oxygen atoms in total. The van der Waals surface area contributed by atoms with Crippen LogP contribution in [0.4, 0.5) is 5.69 Å². The zero-order valence-corrected chi connectivity index (χ0v) is 9.10. The molecule has 0 spiro atoms. The molecule has 0 radical (unpaired) electrons. The van der Waals surface area contributed by atoms with Crippen molar-refractivity contribution in [2.75, 3.05) is 5.32 Å². The standard InChI is InChI=1S/C14H11NO2/c16-13(17)7-10-8-15-12-6-2-4-9-3-1-5-11(10)14(9)12/h1-6,8,15H,7H2,(H,16,17). The van der Waals surface area contributed by atoms with E-state index in [1.165, 1.54) is 0 Å². The summed E-state index contributed by atoms with van der Waals surface area (Å²) in [6.45, 7) is 0. The highest BCUT2D eigenvalue weighted by Crippen LogP contribution is 2.35. The number of anilines is 1. The maximum atomic E-state index is 10.8. The van der Waals surface area contributed by atoms with Gasteiger partial charge in [-0.3, -0.25) is 4.79 Å². The molecule has 0 unspecified atom stereocenters. The summed E-state index contributed by atoms with van der Waals surface area (Å²) in [5.74, 6) is -0.811. The first kappa shape index (κ1) is 9.90. The van der Waals surface area contributed by atoms with Gasteiger partial charge in [-0.1, -0.05) is 30.3 Å². The Morgan fingerprint density at radius 2 is 1.94 bits per heavy atom. The number of rotatable bonds is 2. The van der Waals surface area contributed by atoms with Crippen LogP contribution in [0.3, 0.4) is 0 Å². The molecule has 0 fully saturated rings. The van der Waals surface area contributed by atoms with Crippen molar-refractivity contribution in [1.29, 1.82) is 0 Å². The normalized spacial score (nSPS) is 13.1. The number of benzene rings is 2. The fourth-order valence-corrected chi connectivity index (χ4v) is 2.28. The van der Waals surface area contributed by atoms with Crippen LogP contribution in [-0.2, 0) is 4.79 Å². The highest BCUT2D eigenvalue weighted by molar-refractivity contribution is 6.06. The van der Waals surface area contributed by atoms with Crippen molar-refractivity contribution in [3.05, 3.63) is 48.2 Å². The summed E-state index contributed by atoms with van der Waals surface area (Å²) in [6.07, 6.45) is 1.83. The van der Waals surface area contributed by atoms with Gasteiger partial charge in [0.15, 0.2) is 0 Å². The molecule has 2 aromatic rings. The molecule has 0 saturated heterocycles. The molecule has 0 amide bonds. The lowest BCUT2D eigenvalue weighted by molar-refractivity contribution is -0.135. The quantitative estimate of drug-likeness (QED) is 0.825. The van der Waals surface area contributed by atoms with E-state index in [0.717, 1.165) is 27.6 Å². The second kappa shape index (κ2) is 3.63. The summed E-state index contributed by atoms with van der Waals surface area (Å²) in [4.78, 5) is 10.8. The minimum atomic E-state index is -0.811. The number of nitrogens with one attached hydrogen (secondary N) is 1. The van der Waals surface area contributed by atoms with E-state index in [1.807, 2.05) is 36.4 Å². The van der Waals surface area contributed by atoms with Gasteiger partial charge in [0.25, 0.3) is 0 Å². The van der Waals surface area contributed by atoms with Crippen LogP contribution in [0, 0.1) is 0 Å². The van der Waals surface area contributed by atoms with Crippen LogP contribution in [-0.4, -0.2) is 11.1 Å². The first-order valence-corrected chi connectivity index (χ1v) is 5.45. The van der Waals surface area contributed by atoms with E-state index >= 15 is 0 Å². The molecule has 0 aliphatic carbocycles. The van der Waals surface area contributed by atoms with Crippen molar-refractivity contribution in [3.8, 4) is 0 Å². The van der Waals surface area contributed by atoms with Gasteiger partial charge >= 0.3 is 5.97 Å². The Labute approximate surface area is 98.4 Å². The van der Waals surface area contributed by atoms with Crippen LogP contribution in [0.25, 0.3) is 16.3 Å². The van der Waals surface area contributed by atoms with Gasteiger partial charge in [0, 0.05) is 17.3 Å². The molecule has 3 heteroatoms. The summed E-state index contributed by atoms with van der Waals surface area (Å²) < 4.78 is 0. The molecular formula is C14H11NO2. The lowest BCUT2D eigenvalue weighted by Gasteiger charge is -2.18. The predicted molar refractivity (Wildman–Crippen MR) is 67.8 cm³/mol. The Hall–Kier alpha value is -2.29. The molecule has 2 aromatic carbocycles. The van der Waals surface area contributed by atoms with Crippen molar-refractivity contribution in [2.45, 2.75) is 6.42 Å². The molecule has 2 N–H and O–H groups in total. The molecule has 1 aliphatic rings. The molecular weight excluding hydrogens is 214 g/mol. The lowest BCUT2D eigenvalue weighted by Crippen LogP contribution is -2.05. The summed E-state index contributed by atoms with van der Waals surface area (Å²) in [7, 11) is 0. The first-order chi connectivity index (χ1) is 8.25. The second-order valence-corrected chi connectivity index (χ2v) is 4.09. The van der Waals surface area contributed by atoms with Crippen molar-refractivity contribution in [3.63, 3.8) is 0 Å². The summed E-state index contributed by atoms with van der Waals surface area (Å²) >= 11 is 0. The zero-order chi connectivity index (χ0) is 11.8. The summed E-state index contributed by atoms with van der Waals surface area (Å²) in [6, 6.07) is 12.0. The van der Waals surface area contributed by atoms with E-state index in [-0.39, 0.29) is 6.42 Å². The Morgan fingerprint density at radius 1 is 1.18 bits per heavy atom. The van der Waals surface area contributed by atoms with E-state index in [9.17, 15) is 4.79 Å². The van der Waals surface area contributed by atoms with Crippen LogP contribution < -0.4 is 5.32 Å². The average Bonchev–Trinajstić information content (AvgIpc) is 2.33. The monoisotopic (exact) mass is 225 g/mol. The van der Waals surface area contributed by atoms with Crippen LogP contribution >= 0.6 is 0 Å². The maximum Gasteiger partial charge on any atom is 0.307 e. The zero-order valence-electron chi connectivity index (χ0n) is 9.10. The summed E-state index contributed by atoms with van der Waals surface area (Å²) in [5, 5.41) is 14.3. The Kier molecular flexibility index (Phi) is 2.11. The van der Waals surface area contributed by atoms with E-state index in [4.69, 9.17) is 5.11 Å². The number of carboxylic acid groups (broad SMARTS) is 1. The third-order valence-electron chi connectivity index (χ3n) is 2.99. The fourth-order valence-electron chi connectivity index (χ4n) is 2.28. The highest BCUT2D eigenvalue weighted by Gasteiger charge is 2.15. The topological polar surface area (TPSA) is 49.3 Å². The van der Waals surface area contributed by atoms with Crippen molar-refractivity contribution < 1.29 is 9.90 Å². The number of carbonyl (C=O) groups is 1. The van der Waals surface area contributed by atoms with Gasteiger partial charge < -0.3 is 10.4 Å². The third-order valence-corrected chi connectivity index (χ3v) is 2.99. The third kappa shape index (κ3) is 1.56. The Balaban J connectivity index is 2.24. The number of hydrogen-bond acceptors (Lipinski definition) is 2. The van der Waals surface area contributed by atoms with E-state index in [1.54, 1.807) is 6.20 Å². The van der Waals surface area contributed by atoms with E-state index < -0.39 is 5.97 Å². The molecule has 1 aliphatic heterocycles. The number of carboxylic acids is 1. The Bertz CT molecular complexity index is 638. The molecule has 0 atom stereocenters.